The van der Waals surface area contributed by atoms with Gasteiger partial charge in [0, 0.05) is 13.1 Å². The van der Waals surface area contributed by atoms with Gasteiger partial charge in [-0.2, -0.15) is 0 Å². The fourth-order valence-electron chi connectivity index (χ4n) is 2.15. The first-order chi connectivity index (χ1) is 11.0. The smallest absolute Gasteiger partial charge is 0.239 e. The van der Waals surface area contributed by atoms with Gasteiger partial charge in [-0.1, -0.05) is 26.0 Å². The minimum atomic E-state index is -0.597. The lowest BCUT2D eigenvalue weighted by atomic mass is 10.1. The number of carbonyl (C=O) groups excluding carboxylic acids is 2. The molecule has 1 atom stereocenters. The Morgan fingerprint density at radius 3 is 2.74 bits per heavy atom. The predicted molar refractivity (Wildman–Crippen MR) is 88.6 cm³/mol. The topological polar surface area (TPSA) is 102 Å². The zero-order valence-corrected chi connectivity index (χ0v) is 13.5. The highest BCUT2D eigenvalue weighted by atomic mass is 16.2. The molecule has 0 fully saturated rings. The van der Waals surface area contributed by atoms with Gasteiger partial charge >= 0.3 is 0 Å². The van der Waals surface area contributed by atoms with Crippen LogP contribution in [0.4, 0.5) is 0 Å². The fraction of sp³-hybridized carbons (Fsp3) is 0.438. The van der Waals surface area contributed by atoms with E-state index in [1.807, 2.05) is 42.7 Å². The first-order valence-corrected chi connectivity index (χ1v) is 7.69. The number of benzene rings is 1. The number of hydrogen-bond acceptors (Lipinski definition) is 4. The molecular weight excluding hydrogens is 294 g/mol. The van der Waals surface area contributed by atoms with Gasteiger partial charge in [-0.15, -0.1) is 0 Å². The Kier molecular flexibility index (Phi) is 5.70. The second-order valence-electron chi connectivity index (χ2n) is 5.76. The standard InChI is InChI=1S/C16H23N5O2/c1-11(2)15(17)16(23)19-9-14(22)18-7-8-21-10-20-12-5-3-4-6-13(12)21/h3-6,10-11,15H,7-9,17H2,1-2H3,(H,18,22)(H,19,23)/t15-/m0/s1. The van der Waals surface area contributed by atoms with E-state index in [1.54, 1.807) is 6.33 Å². The van der Waals surface area contributed by atoms with Crippen LogP contribution in [-0.2, 0) is 16.1 Å². The summed E-state index contributed by atoms with van der Waals surface area (Å²) in [5, 5.41) is 5.31. The number of nitrogens with zero attached hydrogens (tertiary/aromatic N) is 2. The maximum absolute atomic E-state index is 11.7. The highest BCUT2D eigenvalue weighted by molar-refractivity contribution is 5.87. The van der Waals surface area contributed by atoms with Crippen LogP contribution in [0, 0.1) is 5.92 Å². The lowest BCUT2D eigenvalue weighted by Crippen LogP contribution is -2.47. The first kappa shape index (κ1) is 17.0. The molecule has 1 aromatic carbocycles. The number of amides is 2. The molecule has 0 radical (unpaired) electrons. The largest absolute Gasteiger partial charge is 0.353 e. The Hall–Kier alpha value is -2.41. The molecule has 0 saturated carbocycles. The van der Waals surface area contributed by atoms with Crippen LogP contribution in [0.5, 0.6) is 0 Å². The van der Waals surface area contributed by atoms with E-state index >= 15 is 0 Å². The van der Waals surface area contributed by atoms with E-state index in [0.717, 1.165) is 11.0 Å². The Morgan fingerprint density at radius 1 is 1.26 bits per heavy atom. The molecule has 23 heavy (non-hydrogen) atoms. The van der Waals surface area contributed by atoms with Crippen molar-refractivity contribution in [2.75, 3.05) is 13.1 Å². The lowest BCUT2D eigenvalue weighted by molar-refractivity contribution is -0.127. The summed E-state index contributed by atoms with van der Waals surface area (Å²) in [6.45, 7) is 4.74. The molecule has 7 nitrogen and oxygen atoms in total. The summed E-state index contributed by atoms with van der Waals surface area (Å²) >= 11 is 0. The number of carbonyl (C=O) groups is 2. The number of rotatable bonds is 7. The van der Waals surface area contributed by atoms with Crippen molar-refractivity contribution in [1.82, 2.24) is 20.2 Å². The van der Waals surface area contributed by atoms with Crippen LogP contribution in [0.3, 0.4) is 0 Å². The molecule has 2 aromatic rings. The molecule has 0 aliphatic carbocycles. The predicted octanol–water partition coefficient (Wildman–Crippen LogP) is 0.252. The number of fused-ring (bicyclic) bond motifs is 1. The summed E-state index contributed by atoms with van der Waals surface area (Å²) in [4.78, 5) is 27.7. The molecule has 2 amide bonds. The van der Waals surface area contributed by atoms with Gasteiger partial charge in [0.1, 0.15) is 0 Å². The van der Waals surface area contributed by atoms with Gasteiger partial charge in [-0.05, 0) is 18.1 Å². The zero-order chi connectivity index (χ0) is 16.8. The number of nitrogens with one attached hydrogen (secondary N) is 2. The SMILES string of the molecule is CC(C)[C@H](N)C(=O)NCC(=O)NCCn1cnc2ccccc21. The number of aromatic nitrogens is 2. The van der Waals surface area contributed by atoms with Crippen molar-refractivity contribution < 1.29 is 9.59 Å². The fourth-order valence-corrected chi connectivity index (χ4v) is 2.15. The van der Waals surface area contributed by atoms with E-state index in [0.29, 0.717) is 13.1 Å². The minimum Gasteiger partial charge on any atom is -0.353 e. The Morgan fingerprint density at radius 2 is 2.00 bits per heavy atom. The van der Waals surface area contributed by atoms with Gasteiger partial charge in [-0.25, -0.2) is 4.98 Å². The van der Waals surface area contributed by atoms with E-state index in [-0.39, 0.29) is 24.3 Å². The van der Waals surface area contributed by atoms with Gasteiger partial charge in [0.15, 0.2) is 0 Å². The average Bonchev–Trinajstić information content (AvgIpc) is 2.95. The van der Waals surface area contributed by atoms with E-state index in [9.17, 15) is 9.59 Å². The van der Waals surface area contributed by atoms with Crippen molar-refractivity contribution in [3.8, 4) is 0 Å². The summed E-state index contributed by atoms with van der Waals surface area (Å²) < 4.78 is 1.98. The highest BCUT2D eigenvalue weighted by Crippen LogP contribution is 2.10. The van der Waals surface area contributed by atoms with Gasteiger partial charge < -0.3 is 20.9 Å². The maximum Gasteiger partial charge on any atom is 0.239 e. The number of nitrogens with two attached hydrogens (primary N) is 1. The van der Waals surface area contributed by atoms with Crippen LogP contribution in [0.2, 0.25) is 0 Å². The van der Waals surface area contributed by atoms with Crippen LogP contribution < -0.4 is 16.4 Å². The molecule has 4 N–H and O–H groups in total. The van der Waals surface area contributed by atoms with Crippen molar-refractivity contribution in [1.29, 1.82) is 0 Å². The van der Waals surface area contributed by atoms with Crippen molar-refractivity contribution in [3.63, 3.8) is 0 Å². The van der Waals surface area contributed by atoms with E-state index in [4.69, 9.17) is 5.73 Å². The molecule has 1 aromatic heterocycles. The summed E-state index contributed by atoms with van der Waals surface area (Å²) in [7, 11) is 0. The molecule has 124 valence electrons. The minimum absolute atomic E-state index is 0.0348. The van der Waals surface area contributed by atoms with Gasteiger partial charge in [0.25, 0.3) is 0 Å². The third-order valence-electron chi connectivity index (χ3n) is 3.65. The maximum atomic E-state index is 11.7. The monoisotopic (exact) mass is 317 g/mol. The quantitative estimate of drug-likeness (QED) is 0.681. The second kappa shape index (κ2) is 7.73. The third-order valence-corrected chi connectivity index (χ3v) is 3.65. The van der Waals surface area contributed by atoms with Crippen molar-refractivity contribution in [2.45, 2.75) is 26.4 Å². The third kappa shape index (κ3) is 4.53. The average molecular weight is 317 g/mol. The van der Waals surface area contributed by atoms with Gasteiger partial charge in [0.05, 0.1) is 29.9 Å². The molecule has 0 saturated heterocycles. The molecule has 0 spiro atoms. The van der Waals surface area contributed by atoms with Crippen LogP contribution in [0.1, 0.15) is 13.8 Å². The molecule has 0 bridgehead atoms. The van der Waals surface area contributed by atoms with Crippen LogP contribution in [0.15, 0.2) is 30.6 Å². The summed E-state index contributed by atoms with van der Waals surface area (Å²) in [5.74, 6) is -0.512. The number of para-hydroxylation sites is 2. The van der Waals surface area contributed by atoms with Crippen LogP contribution in [0.25, 0.3) is 11.0 Å². The molecular formula is C16H23N5O2. The Labute approximate surface area is 135 Å². The normalized spacial score (nSPS) is 12.3. The zero-order valence-electron chi connectivity index (χ0n) is 13.5. The highest BCUT2D eigenvalue weighted by Gasteiger charge is 2.17. The number of hydrogen-bond donors (Lipinski definition) is 3. The van der Waals surface area contributed by atoms with Gasteiger partial charge in [-0.3, -0.25) is 9.59 Å². The summed E-state index contributed by atoms with van der Waals surface area (Å²) in [5.41, 5.74) is 7.66. The molecule has 1 heterocycles. The first-order valence-electron chi connectivity index (χ1n) is 7.69. The van der Waals surface area contributed by atoms with Crippen LogP contribution >= 0.6 is 0 Å². The van der Waals surface area contributed by atoms with E-state index in [1.165, 1.54) is 0 Å². The van der Waals surface area contributed by atoms with Crippen LogP contribution in [-0.4, -0.2) is 40.5 Å². The van der Waals surface area contributed by atoms with Crippen molar-refractivity contribution in [3.05, 3.63) is 30.6 Å². The Bertz CT molecular complexity index is 680. The Balaban J connectivity index is 1.74. The lowest BCUT2D eigenvalue weighted by Gasteiger charge is -2.15. The van der Waals surface area contributed by atoms with E-state index in [2.05, 4.69) is 15.6 Å². The molecule has 0 aliphatic heterocycles. The van der Waals surface area contributed by atoms with Crippen molar-refractivity contribution >= 4 is 22.8 Å². The van der Waals surface area contributed by atoms with Gasteiger partial charge in [0.2, 0.25) is 11.8 Å². The number of imidazole rings is 1. The van der Waals surface area contributed by atoms with Crippen molar-refractivity contribution in [2.24, 2.45) is 11.7 Å². The molecule has 0 aliphatic rings. The molecule has 2 rings (SSSR count). The summed E-state index contributed by atoms with van der Waals surface area (Å²) in [6.07, 6.45) is 1.75. The molecule has 7 heteroatoms. The second-order valence-corrected chi connectivity index (χ2v) is 5.76. The summed E-state index contributed by atoms with van der Waals surface area (Å²) in [6, 6.07) is 7.22. The van der Waals surface area contributed by atoms with E-state index < -0.39 is 6.04 Å². The molecule has 0 unspecified atom stereocenters.